The summed E-state index contributed by atoms with van der Waals surface area (Å²) in [4.78, 5) is 18.3. The number of hydrogen-bond acceptors (Lipinski definition) is 12. The zero-order valence-corrected chi connectivity index (χ0v) is 28.6. The maximum Gasteiger partial charge on any atom is 0.431 e. The highest BCUT2D eigenvalue weighted by Gasteiger charge is 2.41. The number of nitrogens with zero attached hydrogens (tertiary/aromatic N) is 3. The predicted octanol–water partition coefficient (Wildman–Crippen LogP) is 3.27. The van der Waals surface area contributed by atoms with Crippen LogP contribution in [0.5, 0.6) is 0 Å². The van der Waals surface area contributed by atoms with E-state index in [2.05, 4.69) is 43.4 Å². The Labute approximate surface area is 278 Å². The third kappa shape index (κ3) is 11.2. The molecule has 47 heavy (non-hydrogen) atoms. The molecular formula is C30H47F3N8O5S. The molecule has 264 valence electrons. The first-order chi connectivity index (χ1) is 22.0. The number of hydrazone groups is 1. The SMILES string of the molecule is C=C(/C=N\C=C(/C)C(C)C(/C=C(\NC)NC(=O)NCC)C1NC(C(F)(F)F)=CS1)C1NN=C([C@@H]2COCCN2C(O)OC(C)(C)C)O1. The summed E-state index contributed by atoms with van der Waals surface area (Å²) in [6.45, 7) is 16.5. The van der Waals surface area contributed by atoms with E-state index in [1.165, 1.54) is 6.21 Å². The largest absolute Gasteiger partial charge is 0.449 e. The molecule has 0 aliphatic carbocycles. The summed E-state index contributed by atoms with van der Waals surface area (Å²) in [5, 5.41) is 26.2. The summed E-state index contributed by atoms with van der Waals surface area (Å²) in [6.07, 6.45) is -1.60. The van der Waals surface area contributed by atoms with Crippen LogP contribution in [0.3, 0.4) is 0 Å². The van der Waals surface area contributed by atoms with E-state index in [0.717, 1.165) is 22.7 Å². The van der Waals surface area contributed by atoms with E-state index in [1.54, 1.807) is 31.1 Å². The van der Waals surface area contributed by atoms with Crippen LogP contribution in [0.4, 0.5) is 18.0 Å². The Hall–Kier alpha value is -3.25. The minimum absolute atomic E-state index is 0.246. The number of carbonyl (C=O) groups is 1. The van der Waals surface area contributed by atoms with Gasteiger partial charge in [0.15, 0.2) is 0 Å². The molecule has 0 saturated carbocycles. The van der Waals surface area contributed by atoms with Crippen LogP contribution in [-0.2, 0) is 14.2 Å². The van der Waals surface area contributed by atoms with Crippen molar-refractivity contribution in [2.45, 2.75) is 77.4 Å². The number of ether oxygens (including phenoxy) is 3. The molecule has 6 N–H and O–H groups in total. The lowest BCUT2D eigenvalue weighted by molar-refractivity contribution is -0.256. The van der Waals surface area contributed by atoms with Gasteiger partial charge in [-0.2, -0.15) is 13.2 Å². The van der Waals surface area contributed by atoms with Crippen molar-refractivity contribution in [1.29, 1.82) is 0 Å². The molecular weight excluding hydrogens is 641 g/mol. The fourth-order valence-corrected chi connectivity index (χ4v) is 5.90. The number of thioether (sulfide) groups is 1. The van der Waals surface area contributed by atoms with Gasteiger partial charge in [-0.1, -0.05) is 19.1 Å². The monoisotopic (exact) mass is 688 g/mol. The van der Waals surface area contributed by atoms with Gasteiger partial charge in [-0.3, -0.25) is 15.7 Å². The highest BCUT2D eigenvalue weighted by Crippen LogP contribution is 2.39. The molecule has 0 aromatic carbocycles. The van der Waals surface area contributed by atoms with Crippen LogP contribution in [0.2, 0.25) is 0 Å². The quantitative estimate of drug-likeness (QED) is 0.126. The minimum atomic E-state index is -4.51. The van der Waals surface area contributed by atoms with Crippen molar-refractivity contribution in [3.05, 3.63) is 46.9 Å². The van der Waals surface area contributed by atoms with Gasteiger partial charge < -0.3 is 35.3 Å². The third-order valence-electron chi connectivity index (χ3n) is 7.38. The fraction of sp³-hybridized carbons (Fsp3) is 0.633. The van der Waals surface area contributed by atoms with Crippen LogP contribution >= 0.6 is 11.8 Å². The van der Waals surface area contributed by atoms with Gasteiger partial charge in [0.1, 0.15) is 17.6 Å². The molecule has 1 fully saturated rings. The molecule has 1 saturated heterocycles. The highest BCUT2D eigenvalue weighted by molar-refractivity contribution is 8.03. The molecule has 3 aliphatic heterocycles. The van der Waals surface area contributed by atoms with Crippen LogP contribution in [0, 0.1) is 11.8 Å². The summed E-state index contributed by atoms with van der Waals surface area (Å²) in [5.41, 5.74) is 2.72. The normalized spacial score (nSPS) is 24.8. The summed E-state index contributed by atoms with van der Waals surface area (Å²) >= 11 is 1.03. The molecule has 2 amide bonds. The van der Waals surface area contributed by atoms with Gasteiger partial charge in [0.25, 0.3) is 0 Å². The highest BCUT2D eigenvalue weighted by atomic mass is 32.2. The Balaban J connectivity index is 1.69. The number of allylic oxidation sites excluding steroid dienone is 2. The number of carbonyl (C=O) groups excluding carboxylic acids is 1. The molecule has 0 aromatic rings. The van der Waals surface area contributed by atoms with E-state index in [4.69, 9.17) is 14.2 Å². The molecule has 0 radical (unpaired) electrons. The number of aliphatic hydroxyl groups excluding tert-OH is 1. The van der Waals surface area contributed by atoms with Crippen LogP contribution in [0.1, 0.15) is 41.5 Å². The van der Waals surface area contributed by atoms with Gasteiger partial charge in [-0.25, -0.2) is 9.69 Å². The Morgan fingerprint density at radius 2 is 2.11 bits per heavy atom. The van der Waals surface area contributed by atoms with E-state index < -0.39 is 53.5 Å². The first-order valence-corrected chi connectivity index (χ1v) is 16.2. The zero-order chi connectivity index (χ0) is 34.9. The zero-order valence-electron chi connectivity index (χ0n) is 27.8. The van der Waals surface area contributed by atoms with Crippen LogP contribution in [0.25, 0.3) is 0 Å². The molecule has 17 heteroatoms. The molecule has 3 aliphatic rings. The van der Waals surface area contributed by atoms with Crippen molar-refractivity contribution in [1.82, 2.24) is 31.6 Å². The van der Waals surface area contributed by atoms with Crippen LogP contribution in [-0.4, -0.2) is 97.3 Å². The topological polar surface area (TPSA) is 153 Å². The number of halogens is 3. The Kier molecular flexibility index (Phi) is 13.6. The lowest BCUT2D eigenvalue weighted by atomic mass is 9.87. The van der Waals surface area contributed by atoms with Gasteiger partial charge in [0, 0.05) is 49.5 Å². The number of urea groups is 1. The number of nitrogens with one attached hydrogen (secondary N) is 5. The van der Waals surface area contributed by atoms with E-state index in [9.17, 15) is 23.1 Å². The van der Waals surface area contributed by atoms with Crippen molar-refractivity contribution >= 4 is 29.9 Å². The number of hydrogen-bond donors (Lipinski definition) is 6. The first kappa shape index (κ1) is 38.2. The lowest BCUT2D eigenvalue weighted by Gasteiger charge is -2.39. The standard InChI is InChI=1S/C30H47F3N8O5S/c1-9-36-27(42)38-23(34-8)12-20(26-37-22(16-47-26)30(31,32)33)19(4)17(2)13-35-14-18(3)24-39-40-25(45-24)21-15-44-11-10-41(21)28(43)46-29(5,6)7/h12-14,16,19-21,24,26,28,34,37,39,43H,3,9-11,15H2,1-2,4-8H3,(H2,36,38,42)/b17-13+,23-12+,35-14-/t19?,20?,21-,24?,26?,28?/m0/s1. The van der Waals surface area contributed by atoms with Crippen LogP contribution in [0.15, 0.2) is 57.0 Å². The number of aliphatic imine (C=N–C) groups is 1. The van der Waals surface area contributed by atoms with Gasteiger partial charge >= 0.3 is 12.2 Å². The molecule has 0 spiro atoms. The number of rotatable bonds is 13. The van der Waals surface area contributed by atoms with Crippen molar-refractivity contribution in [3.8, 4) is 0 Å². The van der Waals surface area contributed by atoms with E-state index >= 15 is 0 Å². The van der Waals surface area contributed by atoms with Gasteiger partial charge in [-0.15, -0.1) is 16.9 Å². The second-order valence-corrected chi connectivity index (χ2v) is 13.1. The Morgan fingerprint density at radius 1 is 1.38 bits per heavy atom. The lowest BCUT2D eigenvalue weighted by Crippen LogP contribution is -2.56. The second-order valence-electron chi connectivity index (χ2n) is 12.1. The van der Waals surface area contributed by atoms with Gasteiger partial charge in [0.2, 0.25) is 18.5 Å². The number of alkyl halides is 3. The Bertz CT molecular complexity index is 1270. The second kappa shape index (κ2) is 16.7. The predicted molar refractivity (Wildman–Crippen MR) is 176 cm³/mol. The van der Waals surface area contributed by atoms with E-state index in [1.807, 2.05) is 34.6 Å². The fourth-order valence-electron chi connectivity index (χ4n) is 4.72. The van der Waals surface area contributed by atoms with Crippen molar-refractivity contribution in [2.24, 2.45) is 21.9 Å². The molecule has 0 aromatic heterocycles. The Morgan fingerprint density at radius 3 is 2.72 bits per heavy atom. The van der Waals surface area contributed by atoms with Crippen molar-refractivity contribution < 1.29 is 37.3 Å². The van der Waals surface area contributed by atoms with Gasteiger partial charge in [0.05, 0.1) is 24.2 Å². The molecule has 3 heterocycles. The van der Waals surface area contributed by atoms with Crippen molar-refractivity contribution in [3.63, 3.8) is 0 Å². The smallest absolute Gasteiger partial charge is 0.431 e. The molecule has 13 nitrogen and oxygen atoms in total. The number of aliphatic hydroxyl groups is 1. The summed E-state index contributed by atoms with van der Waals surface area (Å²) in [5.74, 6) is -0.143. The molecule has 3 rings (SSSR count). The summed E-state index contributed by atoms with van der Waals surface area (Å²) in [7, 11) is 1.61. The minimum Gasteiger partial charge on any atom is -0.449 e. The van der Waals surface area contributed by atoms with Crippen molar-refractivity contribution in [2.75, 3.05) is 33.4 Å². The number of morpholine rings is 1. The van der Waals surface area contributed by atoms with E-state index in [-0.39, 0.29) is 12.5 Å². The van der Waals surface area contributed by atoms with E-state index in [0.29, 0.717) is 37.0 Å². The maximum atomic E-state index is 13.4. The van der Waals surface area contributed by atoms with Gasteiger partial charge in [-0.05, 0) is 46.6 Å². The molecule has 5 unspecified atom stereocenters. The van der Waals surface area contributed by atoms with Crippen LogP contribution < -0.4 is 26.7 Å². The molecule has 6 atom stereocenters. The maximum absolute atomic E-state index is 13.4. The summed E-state index contributed by atoms with van der Waals surface area (Å²) in [6, 6.07) is -0.931. The average Bonchev–Trinajstić information content (AvgIpc) is 3.69. The number of amides is 2. The first-order valence-electron chi connectivity index (χ1n) is 15.3. The average molecular weight is 689 g/mol. The molecule has 0 bridgehead atoms. The third-order valence-corrected chi connectivity index (χ3v) is 8.48. The summed E-state index contributed by atoms with van der Waals surface area (Å²) < 4.78 is 57.6.